The van der Waals surface area contributed by atoms with E-state index in [0.717, 1.165) is 5.56 Å². The molecule has 1 unspecified atom stereocenters. The van der Waals surface area contributed by atoms with E-state index in [-0.39, 0.29) is 42.8 Å². The number of esters is 1. The van der Waals surface area contributed by atoms with Crippen LogP contribution < -0.4 is 9.80 Å². The van der Waals surface area contributed by atoms with Crippen molar-refractivity contribution in [2.45, 2.75) is 69.8 Å². The van der Waals surface area contributed by atoms with Crippen molar-refractivity contribution in [3.8, 4) is 0 Å². The van der Waals surface area contributed by atoms with E-state index in [1.165, 1.54) is 11.8 Å². The van der Waals surface area contributed by atoms with Crippen molar-refractivity contribution in [3.05, 3.63) is 58.6 Å². The summed E-state index contributed by atoms with van der Waals surface area (Å²) in [6.45, 7) is 7.07. The van der Waals surface area contributed by atoms with Gasteiger partial charge in [0.25, 0.3) is 5.91 Å². The van der Waals surface area contributed by atoms with Crippen LogP contribution in [-0.2, 0) is 36.0 Å². The van der Waals surface area contributed by atoms with Gasteiger partial charge in [0.2, 0.25) is 5.91 Å². The molecule has 2 fully saturated rings. The van der Waals surface area contributed by atoms with Gasteiger partial charge in [-0.3, -0.25) is 19.3 Å². The number of nitrogens with zero attached hydrogens (tertiary/aromatic N) is 2. The minimum atomic E-state index is -2.78. The van der Waals surface area contributed by atoms with E-state index in [4.69, 9.17) is 21.1 Å². The smallest absolute Gasteiger partial charge is 0.304 e. The minimum Gasteiger partial charge on any atom is -0.441 e. The molecule has 2 saturated heterocycles. The van der Waals surface area contributed by atoms with Gasteiger partial charge >= 0.3 is 5.97 Å². The van der Waals surface area contributed by atoms with Crippen molar-refractivity contribution in [2.75, 3.05) is 16.4 Å². The first-order chi connectivity index (χ1) is 18.4. The molecule has 2 N–H and O–H groups in total. The molecule has 0 aromatic heterocycles. The van der Waals surface area contributed by atoms with Crippen LogP contribution >= 0.6 is 11.6 Å². The van der Waals surface area contributed by atoms with E-state index < -0.39 is 32.2 Å². The van der Waals surface area contributed by atoms with Crippen LogP contribution in [0.2, 0.25) is 23.7 Å². The van der Waals surface area contributed by atoms with E-state index >= 15 is 0 Å². The third-order valence-electron chi connectivity index (χ3n) is 8.12. The Morgan fingerprint density at radius 2 is 1.90 bits per heavy atom. The second-order valence-electron chi connectivity index (χ2n) is 11.1. The van der Waals surface area contributed by atoms with Crippen molar-refractivity contribution >= 4 is 49.1 Å². The SMILES string of the molecule is CC(=O)OC1CC(=O)N1c1ccc(CN2C(=O)[C@]3(O[C@H](CCO)[C@@H]([Si](C)(C)O)[C@@H]3C)c3cc(Cl)ccc32)cc1. The summed E-state index contributed by atoms with van der Waals surface area (Å²) in [5, 5.41) is 10.2. The molecule has 208 valence electrons. The Hall–Kier alpha value is -2.76. The third-order valence-corrected chi connectivity index (χ3v) is 10.9. The van der Waals surface area contributed by atoms with Gasteiger partial charge in [-0.05, 0) is 55.4 Å². The Labute approximate surface area is 233 Å². The van der Waals surface area contributed by atoms with Gasteiger partial charge in [-0.15, -0.1) is 0 Å². The molecule has 2 amide bonds. The van der Waals surface area contributed by atoms with Gasteiger partial charge in [-0.1, -0.05) is 30.7 Å². The number of halogens is 1. The highest BCUT2D eigenvalue weighted by atomic mass is 35.5. The van der Waals surface area contributed by atoms with Crippen LogP contribution in [0.15, 0.2) is 42.5 Å². The van der Waals surface area contributed by atoms with E-state index in [1.807, 2.05) is 38.2 Å². The van der Waals surface area contributed by atoms with Crippen molar-refractivity contribution < 1.29 is 33.8 Å². The van der Waals surface area contributed by atoms with Crippen molar-refractivity contribution in [3.63, 3.8) is 0 Å². The molecule has 3 heterocycles. The molecule has 0 saturated carbocycles. The maximum absolute atomic E-state index is 14.3. The largest absolute Gasteiger partial charge is 0.441 e. The number of ether oxygens (including phenoxy) is 2. The van der Waals surface area contributed by atoms with E-state index in [2.05, 4.69) is 0 Å². The van der Waals surface area contributed by atoms with Gasteiger partial charge in [0.1, 0.15) is 0 Å². The number of aliphatic hydroxyl groups excluding tert-OH is 1. The molecular weight excluding hydrogens is 540 g/mol. The maximum Gasteiger partial charge on any atom is 0.304 e. The predicted octanol–water partition coefficient (Wildman–Crippen LogP) is 3.69. The first kappa shape index (κ1) is 27.8. The quantitative estimate of drug-likeness (QED) is 0.295. The second kappa shape index (κ2) is 10.0. The van der Waals surface area contributed by atoms with Gasteiger partial charge < -0.3 is 24.3 Å². The summed E-state index contributed by atoms with van der Waals surface area (Å²) in [5.41, 5.74) is 1.21. The Bertz CT molecular complexity index is 1310. The number of amides is 2. The summed E-state index contributed by atoms with van der Waals surface area (Å²) in [4.78, 5) is 52.1. The molecule has 5 atom stereocenters. The zero-order valence-electron chi connectivity index (χ0n) is 22.4. The molecule has 0 radical (unpaired) electrons. The van der Waals surface area contributed by atoms with Crippen LogP contribution in [0.25, 0.3) is 0 Å². The van der Waals surface area contributed by atoms with Crippen LogP contribution in [-0.4, -0.2) is 54.9 Å². The second-order valence-corrected chi connectivity index (χ2v) is 15.5. The summed E-state index contributed by atoms with van der Waals surface area (Å²) in [5.74, 6) is -1.15. The number of hydrogen-bond donors (Lipinski definition) is 2. The molecule has 3 aliphatic rings. The van der Waals surface area contributed by atoms with Gasteiger partial charge in [0, 0.05) is 41.3 Å². The lowest BCUT2D eigenvalue weighted by atomic mass is 9.82. The number of β-lactam (4-membered cyclic amide) rings is 1. The Kier molecular flexibility index (Phi) is 7.13. The van der Waals surface area contributed by atoms with Gasteiger partial charge in [0.15, 0.2) is 20.1 Å². The van der Waals surface area contributed by atoms with Crippen LogP contribution in [0.4, 0.5) is 11.4 Å². The Morgan fingerprint density at radius 1 is 1.21 bits per heavy atom. The van der Waals surface area contributed by atoms with Crippen LogP contribution in [0.1, 0.15) is 37.8 Å². The lowest BCUT2D eigenvalue weighted by Crippen LogP contribution is -2.54. The topological polar surface area (TPSA) is 117 Å². The number of benzene rings is 2. The Balaban J connectivity index is 1.46. The van der Waals surface area contributed by atoms with Gasteiger partial charge in [-0.2, -0.15) is 0 Å². The highest BCUT2D eigenvalue weighted by molar-refractivity contribution is 6.71. The van der Waals surface area contributed by atoms with Crippen LogP contribution in [0, 0.1) is 5.92 Å². The number of anilines is 2. The fourth-order valence-electron chi connectivity index (χ4n) is 6.53. The lowest BCUT2D eigenvalue weighted by molar-refractivity contribution is -0.154. The number of aliphatic hydroxyl groups is 1. The van der Waals surface area contributed by atoms with E-state index in [0.29, 0.717) is 28.4 Å². The number of rotatable bonds is 7. The predicted molar refractivity (Wildman–Crippen MR) is 148 cm³/mol. The fraction of sp³-hybridized carbons (Fsp3) is 0.464. The van der Waals surface area contributed by atoms with Gasteiger partial charge in [0.05, 0.1) is 24.8 Å². The van der Waals surface area contributed by atoms with Crippen molar-refractivity contribution in [1.29, 1.82) is 0 Å². The molecule has 0 bridgehead atoms. The average molecular weight is 573 g/mol. The van der Waals surface area contributed by atoms with Crippen molar-refractivity contribution in [1.82, 2.24) is 0 Å². The molecule has 1 spiro atoms. The molecular formula is C28H33ClN2O7Si. The minimum absolute atomic E-state index is 0.112. The van der Waals surface area contributed by atoms with E-state index in [1.54, 1.807) is 29.2 Å². The maximum atomic E-state index is 14.3. The molecule has 11 heteroatoms. The standard InChI is InChI=1S/C28H33ClN2O7Si/c1-16-26(39(3,4)36)23(11-12-32)38-28(16)21-13-19(29)7-10-22(21)30(27(28)35)15-18-5-8-20(9-6-18)31-24(34)14-25(31)37-17(2)33/h5-10,13,16,23,25-26,32,36H,11-12,14-15H2,1-4H3/t16-,23+,25?,26-,28+/m0/s1. The van der Waals surface area contributed by atoms with Gasteiger partial charge in [-0.25, -0.2) is 0 Å². The Morgan fingerprint density at radius 3 is 2.49 bits per heavy atom. The zero-order valence-corrected chi connectivity index (χ0v) is 24.1. The number of carbonyl (C=O) groups excluding carboxylic acids is 3. The van der Waals surface area contributed by atoms with E-state index in [9.17, 15) is 24.3 Å². The molecule has 2 aromatic carbocycles. The molecule has 5 rings (SSSR count). The molecule has 3 aliphatic heterocycles. The summed E-state index contributed by atoms with van der Waals surface area (Å²) in [6.07, 6.45) is -0.611. The lowest BCUT2D eigenvalue weighted by Gasteiger charge is -2.39. The molecule has 0 aliphatic carbocycles. The normalized spacial score (nSPS) is 28.2. The summed E-state index contributed by atoms with van der Waals surface area (Å²) in [7, 11) is -2.78. The highest BCUT2D eigenvalue weighted by Gasteiger charge is 2.66. The fourth-order valence-corrected chi connectivity index (χ4v) is 9.31. The highest BCUT2D eigenvalue weighted by Crippen LogP contribution is 2.60. The van der Waals surface area contributed by atoms with Crippen LogP contribution in [0.3, 0.4) is 0 Å². The van der Waals surface area contributed by atoms with Crippen molar-refractivity contribution in [2.24, 2.45) is 5.92 Å². The van der Waals surface area contributed by atoms with Crippen LogP contribution in [0.5, 0.6) is 0 Å². The molecule has 9 nitrogen and oxygen atoms in total. The summed E-state index contributed by atoms with van der Waals surface area (Å²) in [6, 6.07) is 12.5. The number of carbonyl (C=O) groups is 3. The monoisotopic (exact) mass is 572 g/mol. The summed E-state index contributed by atoms with van der Waals surface area (Å²) >= 11 is 6.40. The number of fused-ring (bicyclic) bond motifs is 2. The first-order valence-corrected chi connectivity index (χ1v) is 16.5. The molecule has 2 aromatic rings. The molecule has 39 heavy (non-hydrogen) atoms. The average Bonchev–Trinajstić information content (AvgIpc) is 3.26. The summed E-state index contributed by atoms with van der Waals surface area (Å²) < 4.78 is 11.8. The first-order valence-electron chi connectivity index (χ1n) is 13.1. The third kappa shape index (κ3) is 4.58. The number of hydrogen-bond acceptors (Lipinski definition) is 7. The zero-order chi connectivity index (χ0) is 28.3.